The van der Waals surface area contributed by atoms with Crippen LogP contribution in [0.4, 0.5) is 0 Å². The van der Waals surface area contributed by atoms with Crippen LogP contribution in [0.1, 0.15) is 46.0 Å². The largest absolute Gasteiger partial charge is 0.360 e. The lowest BCUT2D eigenvalue weighted by Crippen LogP contribution is -2.11. The molecule has 0 bridgehead atoms. The number of carbonyl (C=O) groups excluding carboxylic acids is 1. The summed E-state index contributed by atoms with van der Waals surface area (Å²) in [7, 11) is -2.63. The number of halogens is 1. The van der Waals surface area contributed by atoms with E-state index in [-0.39, 0.29) is 17.5 Å². The van der Waals surface area contributed by atoms with E-state index < -0.39 is 21.6 Å². The summed E-state index contributed by atoms with van der Waals surface area (Å²) in [5.41, 5.74) is 1.19. The number of carbonyl (C=O) groups is 1. The zero-order valence-electron chi connectivity index (χ0n) is 13.2. The predicted octanol–water partition coefficient (Wildman–Crippen LogP) is 3.05. The van der Waals surface area contributed by atoms with Crippen LogP contribution in [0.3, 0.4) is 0 Å². The molecule has 1 aromatic heterocycles. The summed E-state index contributed by atoms with van der Waals surface area (Å²) < 4.78 is 29.2. The van der Waals surface area contributed by atoms with E-state index in [1.807, 2.05) is 0 Å². The van der Waals surface area contributed by atoms with Crippen molar-refractivity contribution in [1.82, 2.24) is 5.16 Å². The zero-order valence-corrected chi connectivity index (χ0v) is 15.6. The van der Waals surface area contributed by atoms with Crippen molar-refractivity contribution in [1.29, 1.82) is 0 Å². The van der Waals surface area contributed by atoms with Gasteiger partial charge >= 0.3 is 0 Å². The maximum Gasteiger partial charge on any atom is 0.199 e. The quantitative estimate of drug-likeness (QED) is 0.714. The molecule has 0 aliphatic heterocycles. The van der Waals surface area contributed by atoms with Crippen LogP contribution in [0.25, 0.3) is 0 Å². The summed E-state index contributed by atoms with van der Waals surface area (Å²) in [6, 6.07) is 3.14. The molecule has 0 spiro atoms. The minimum atomic E-state index is -1.45. The summed E-state index contributed by atoms with van der Waals surface area (Å²) in [5, 5.41) is 4.11. The lowest BCUT2D eigenvalue weighted by Gasteiger charge is -2.13. The first-order valence-corrected chi connectivity index (χ1v) is 11.0. The molecule has 128 valence electrons. The van der Waals surface area contributed by atoms with Gasteiger partial charge in [0, 0.05) is 45.4 Å². The molecule has 1 aliphatic rings. The molecule has 0 N–H and O–H groups in total. The second-order valence-electron chi connectivity index (χ2n) is 5.78. The van der Waals surface area contributed by atoms with Crippen molar-refractivity contribution in [2.45, 2.75) is 29.4 Å². The van der Waals surface area contributed by atoms with Crippen LogP contribution in [-0.2, 0) is 27.4 Å². The van der Waals surface area contributed by atoms with Crippen LogP contribution >= 0.6 is 11.6 Å². The molecule has 0 saturated heterocycles. The molecule has 2 atom stereocenters. The molecular weight excluding hydrogens is 370 g/mol. The first kappa shape index (κ1) is 17.5. The van der Waals surface area contributed by atoms with Gasteiger partial charge in [-0.1, -0.05) is 16.8 Å². The topological polar surface area (TPSA) is 77.2 Å². The molecule has 1 heterocycles. The van der Waals surface area contributed by atoms with Gasteiger partial charge in [-0.25, -0.2) is 0 Å². The van der Waals surface area contributed by atoms with Crippen molar-refractivity contribution in [2.24, 2.45) is 0 Å². The molecule has 8 heteroatoms. The van der Waals surface area contributed by atoms with Gasteiger partial charge in [0.25, 0.3) is 0 Å². The summed E-state index contributed by atoms with van der Waals surface area (Å²) in [5.74, 6) is 0.678. The number of rotatable bonds is 6. The molecule has 2 aromatic rings. The summed E-state index contributed by atoms with van der Waals surface area (Å²) in [6.07, 6.45) is 6.38. The minimum Gasteiger partial charge on any atom is -0.360 e. The average molecular weight is 386 g/mol. The second-order valence-corrected chi connectivity index (χ2v) is 8.94. The van der Waals surface area contributed by atoms with Crippen molar-refractivity contribution >= 4 is 39.0 Å². The van der Waals surface area contributed by atoms with Crippen LogP contribution in [0.15, 0.2) is 27.7 Å². The average Bonchev–Trinajstić information content (AvgIpc) is 3.24. The van der Waals surface area contributed by atoms with Gasteiger partial charge in [0.15, 0.2) is 11.5 Å². The van der Waals surface area contributed by atoms with E-state index in [1.54, 1.807) is 18.4 Å². The highest BCUT2D eigenvalue weighted by molar-refractivity contribution is 7.85. The first-order chi connectivity index (χ1) is 11.4. The van der Waals surface area contributed by atoms with Gasteiger partial charge in [-0.3, -0.25) is 13.2 Å². The van der Waals surface area contributed by atoms with Gasteiger partial charge in [-0.05, 0) is 25.0 Å². The smallest absolute Gasteiger partial charge is 0.199 e. The van der Waals surface area contributed by atoms with Crippen LogP contribution < -0.4 is 0 Å². The highest BCUT2D eigenvalue weighted by atomic mass is 35.5. The zero-order chi connectivity index (χ0) is 17.4. The van der Waals surface area contributed by atoms with Crippen molar-refractivity contribution in [3.05, 3.63) is 45.8 Å². The fraction of sp³-hybridized carbons (Fsp3) is 0.375. The number of hydrogen-bond acceptors (Lipinski definition) is 5. The van der Waals surface area contributed by atoms with Crippen molar-refractivity contribution in [2.75, 3.05) is 12.5 Å². The van der Waals surface area contributed by atoms with E-state index in [4.69, 9.17) is 16.1 Å². The highest BCUT2D eigenvalue weighted by Crippen LogP contribution is 2.42. The lowest BCUT2D eigenvalue weighted by atomic mass is 10.0. The molecule has 0 radical (unpaired) electrons. The lowest BCUT2D eigenvalue weighted by molar-refractivity contribution is 0.103. The Kier molecular flexibility index (Phi) is 5.03. The van der Waals surface area contributed by atoms with Crippen molar-refractivity contribution < 1.29 is 17.7 Å². The van der Waals surface area contributed by atoms with Crippen molar-refractivity contribution in [3.63, 3.8) is 0 Å². The molecule has 5 nitrogen and oxygen atoms in total. The molecule has 1 aromatic carbocycles. The summed E-state index contributed by atoms with van der Waals surface area (Å²) in [4.78, 5) is 13.3. The van der Waals surface area contributed by atoms with Gasteiger partial charge in [-0.2, -0.15) is 0 Å². The maximum atomic E-state index is 13.0. The summed E-state index contributed by atoms with van der Waals surface area (Å²) >= 11 is 6.20. The number of aromatic nitrogens is 1. The third-order valence-corrected chi connectivity index (χ3v) is 5.96. The molecular formula is C16H16ClNO4S2. The maximum absolute atomic E-state index is 13.0. The Hall–Kier alpha value is -1.31. The van der Waals surface area contributed by atoms with Gasteiger partial charge in [-0.15, -0.1) is 0 Å². The Labute approximate surface area is 149 Å². The fourth-order valence-corrected chi connectivity index (χ4v) is 4.81. The summed E-state index contributed by atoms with van der Waals surface area (Å²) in [6.45, 7) is 0. The Bertz CT molecular complexity index is 858. The Morgan fingerprint density at radius 3 is 2.58 bits per heavy atom. The Morgan fingerprint density at radius 2 is 2.00 bits per heavy atom. The molecule has 1 fully saturated rings. The van der Waals surface area contributed by atoms with Crippen LogP contribution in [-0.4, -0.2) is 31.9 Å². The van der Waals surface area contributed by atoms with Gasteiger partial charge in [0.05, 0.1) is 33.2 Å². The number of benzene rings is 1. The van der Waals surface area contributed by atoms with E-state index >= 15 is 0 Å². The predicted molar refractivity (Wildman–Crippen MR) is 93.5 cm³/mol. The van der Waals surface area contributed by atoms with Gasteiger partial charge in [0.1, 0.15) is 0 Å². The van der Waals surface area contributed by atoms with E-state index in [0.717, 1.165) is 12.8 Å². The first-order valence-electron chi connectivity index (χ1n) is 7.34. The molecule has 3 rings (SSSR count). The Balaban J connectivity index is 2.13. The third kappa shape index (κ3) is 3.38. The minimum absolute atomic E-state index is 0.147. The van der Waals surface area contributed by atoms with Crippen LogP contribution in [0.5, 0.6) is 0 Å². The molecule has 1 saturated carbocycles. The number of ketones is 1. The van der Waals surface area contributed by atoms with Gasteiger partial charge < -0.3 is 4.52 Å². The van der Waals surface area contributed by atoms with E-state index in [9.17, 15) is 13.2 Å². The Morgan fingerprint density at radius 1 is 1.29 bits per heavy atom. The molecule has 24 heavy (non-hydrogen) atoms. The van der Waals surface area contributed by atoms with E-state index in [2.05, 4.69) is 5.16 Å². The highest BCUT2D eigenvalue weighted by Gasteiger charge is 2.33. The number of nitrogens with zero attached hydrogens (tertiary/aromatic N) is 1. The normalized spacial score (nSPS) is 16.8. The second kappa shape index (κ2) is 6.90. The SMILES string of the molecule is CS(=O)Cc1c(Cl)ccc(C(=O)c2cnoc2C2CC2)c1S(C)=O. The standard InChI is InChI=1S/C16H16ClNO4S2/c1-23(20)8-12-13(17)6-5-10(16(12)24(2)21)14(19)11-7-18-22-15(11)9-3-4-9/h5-7,9H,3-4,8H2,1-2H3. The van der Waals surface area contributed by atoms with Crippen LogP contribution in [0, 0.1) is 0 Å². The van der Waals surface area contributed by atoms with E-state index in [0.29, 0.717) is 32.4 Å². The monoisotopic (exact) mass is 385 g/mol. The van der Waals surface area contributed by atoms with Crippen molar-refractivity contribution in [3.8, 4) is 0 Å². The molecule has 2 unspecified atom stereocenters. The molecule has 0 amide bonds. The molecule has 1 aliphatic carbocycles. The fourth-order valence-electron chi connectivity index (χ4n) is 2.65. The van der Waals surface area contributed by atoms with Crippen LogP contribution in [0.2, 0.25) is 5.02 Å². The third-order valence-electron chi connectivity index (χ3n) is 3.87. The van der Waals surface area contributed by atoms with E-state index in [1.165, 1.54) is 12.5 Å². The van der Waals surface area contributed by atoms with Gasteiger partial charge in [0.2, 0.25) is 0 Å². The number of hydrogen-bond donors (Lipinski definition) is 0.